The van der Waals surface area contributed by atoms with Crippen LogP contribution in [0.3, 0.4) is 0 Å². The number of rotatable bonds is 6. The van der Waals surface area contributed by atoms with Gasteiger partial charge >= 0.3 is 6.03 Å². The van der Waals surface area contributed by atoms with Crippen LogP contribution in [0.2, 0.25) is 5.02 Å². The Bertz CT molecular complexity index is 1020. The van der Waals surface area contributed by atoms with Gasteiger partial charge in [0.1, 0.15) is 11.3 Å². The number of nitrogens with one attached hydrogen (secondary N) is 3. The van der Waals surface area contributed by atoms with Crippen LogP contribution < -0.4 is 15.5 Å². The number of nitrogens with zero attached hydrogens (tertiary/aromatic N) is 3. The lowest BCUT2D eigenvalue weighted by molar-refractivity contribution is -0.139. The van der Waals surface area contributed by atoms with Gasteiger partial charge in [-0.05, 0) is 31.0 Å². The molecule has 1 aliphatic carbocycles. The third-order valence-electron chi connectivity index (χ3n) is 5.32. The van der Waals surface area contributed by atoms with E-state index in [9.17, 15) is 14.4 Å². The van der Waals surface area contributed by atoms with Crippen molar-refractivity contribution in [3.63, 3.8) is 0 Å². The van der Waals surface area contributed by atoms with Gasteiger partial charge in [-0.2, -0.15) is 5.01 Å². The summed E-state index contributed by atoms with van der Waals surface area (Å²) in [7, 11) is 1.54. The topological polar surface area (TPSA) is 129 Å². The first-order valence-corrected chi connectivity index (χ1v) is 11.1. The Morgan fingerprint density at radius 3 is 2.84 bits per heavy atom. The Morgan fingerprint density at radius 1 is 1.32 bits per heavy atom. The van der Waals surface area contributed by atoms with Crippen molar-refractivity contribution in [2.24, 2.45) is 0 Å². The number of methoxy groups -OCH3 is 1. The number of aromatic nitrogens is 3. The van der Waals surface area contributed by atoms with Crippen molar-refractivity contribution in [3.8, 4) is 17.1 Å². The van der Waals surface area contributed by atoms with E-state index in [0.717, 1.165) is 36.0 Å². The van der Waals surface area contributed by atoms with Gasteiger partial charge < -0.3 is 10.1 Å². The van der Waals surface area contributed by atoms with Crippen LogP contribution in [-0.2, 0) is 9.59 Å². The number of halogens is 1. The highest BCUT2D eigenvalue weighted by molar-refractivity contribution is 7.99. The molecule has 1 saturated heterocycles. The summed E-state index contributed by atoms with van der Waals surface area (Å²) in [6, 6.07) is 4.52. The number of thioether (sulfide) groups is 1. The number of benzene rings is 1. The molecule has 164 valence electrons. The molecule has 1 saturated carbocycles. The molecule has 0 unspecified atom stereocenters. The van der Waals surface area contributed by atoms with Crippen molar-refractivity contribution in [2.75, 3.05) is 12.9 Å². The molecule has 12 heteroatoms. The van der Waals surface area contributed by atoms with Gasteiger partial charge in [0.15, 0.2) is 5.82 Å². The minimum Gasteiger partial charge on any atom is -0.496 e. The maximum atomic E-state index is 12.7. The largest absolute Gasteiger partial charge is 0.496 e. The molecule has 1 aromatic heterocycles. The van der Waals surface area contributed by atoms with Gasteiger partial charge in [0.05, 0.1) is 18.4 Å². The zero-order valence-corrected chi connectivity index (χ0v) is 18.3. The molecule has 1 aromatic carbocycles. The number of hydrogen-bond acceptors (Lipinski definition) is 7. The predicted molar refractivity (Wildman–Crippen MR) is 113 cm³/mol. The van der Waals surface area contributed by atoms with E-state index in [4.69, 9.17) is 16.3 Å². The van der Waals surface area contributed by atoms with Crippen LogP contribution in [-0.4, -0.2) is 56.4 Å². The molecule has 0 atom stereocenters. The molecule has 10 nitrogen and oxygen atoms in total. The average molecular weight is 465 g/mol. The molecule has 2 aliphatic rings. The number of carbonyl (C=O) groups excluding carboxylic acids is 3. The van der Waals surface area contributed by atoms with Crippen LogP contribution in [0.4, 0.5) is 4.79 Å². The second kappa shape index (κ2) is 8.75. The van der Waals surface area contributed by atoms with Crippen LogP contribution in [0, 0.1) is 0 Å². The average Bonchev–Trinajstić information content (AvgIpc) is 3.32. The highest BCUT2D eigenvalue weighted by Crippen LogP contribution is 2.33. The minimum atomic E-state index is -0.885. The zero-order chi connectivity index (χ0) is 22.0. The van der Waals surface area contributed by atoms with Gasteiger partial charge in [0.2, 0.25) is 11.1 Å². The molecule has 2 heterocycles. The van der Waals surface area contributed by atoms with E-state index in [1.54, 1.807) is 18.2 Å². The van der Waals surface area contributed by atoms with Crippen molar-refractivity contribution in [3.05, 3.63) is 23.2 Å². The third-order valence-corrected chi connectivity index (χ3v) is 6.40. The Labute approximate surface area is 187 Å². The van der Waals surface area contributed by atoms with Crippen LogP contribution in [0.5, 0.6) is 5.75 Å². The molecule has 4 amide bonds. The summed E-state index contributed by atoms with van der Waals surface area (Å²) in [6.07, 6.45) is 3.95. The standard InChI is InChI=1S/C19H21ClN6O4S/c1-30-13-6-5-11(20)9-12(13)15-21-17(24-23-15)31-10-14(27)25-26-16(28)19(22-18(26)29)7-3-2-4-8-19/h5-6,9H,2-4,7-8,10H2,1H3,(H,22,29)(H,25,27)(H,21,23,24). The van der Waals surface area contributed by atoms with Gasteiger partial charge in [0.25, 0.3) is 5.91 Å². The lowest BCUT2D eigenvalue weighted by Crippen LogP contribution is -2.51. The first kappa shape index (κ1) is 21.4. The molecular formula is C19H21ClN6O4S. The monoisotopic (exact) mass is 464 g/mol. The van der Waals surface area contributed by atoms with Crippen molar-refractivity contribution in [1.29, 1.82) is 0 Å². The molecule has 2 aromatic rings. The molecule has 0 radical (unpaired) electrons. The molecule has 1 aliphatic heterocycles. The Kier molecular flexibility index (Phi) is 6.05. The van der Waals surface area contributed by atoms with E-state index in [0.29, 0.717) is 40.2 Å². The van der Waals surface area contributed by atoms with E-state index in [1.807, 2.05) is 0 Å². The summed E-state index contributed by atoms with van der Waals surface area (Å²) in [5.41, 5.74) is 2.14. The molecule has 1 spiro atoms. The first-order valence-electron chi connectivity index (χ1n) is 9.77. The molecule has 0 bridgehead atoms. The number of ether oxygens (including phenoxy) is 1. The van der Waals surface area contributed by atoms with Crippen LogP contribution in [0.1, 0.15) is 32.1 Å². The van der Waals surface area contributed by atoms with Gasteiger partial charge in [-0.1, -0.05) is 42.6 Å². The summed E-state index contributed by atoms with van der Waals surface area (Å²) < 4.78 is 5.31. The number of imide groups is 1. The van der Waals surface area contributed by atoms with Gasteiger partial charge in [-0.3, -0.25) is 20.1 Å². The van der Waals surface area contributed by atoms with Crippen molar-refractivity contribution >= 4 is 41.2 Å². The normalized spacial score (nSPS) is 17.7. The SMILES string of the molecule is COc1ccc(Cl)cc1-c1nc(SCC(=O)NN2C(=O)NC3(CCCCC3)C2=O)n[nH]1. The lowest BCUT2D eigenvalue weighted by atomic mass is 9.82. The molecule has 31 heavy (non-hydrogen) atoms. The van der Waals surface area contributed by atoms with Crippen LogP contribution in [0.15, 0.2) is 23.4 Å². The second-order valence-electron chi connectivity index (χ2n) is 7.35. The Morgan fingerprint density at radius 2 is 2.10 bits per heavy atom. The van der Waals surface area contributed by atoms with E-state index < -0.39 is 23.4 Å². The molecular weight excluding hydrogens is 444 g/mol. The Balaban J connectivity index is 1.36. The third kappa shape index (κ3) is 4.33. The number of H-pyrrole nitrogens is 1. The van der Waals surface area contributed by atoms with Gasteiger partial charge in [0, 0.05) is 5.02 Å². The summed E-state index contributed by atoms with van der Waals surface area (Å²) >= 11 is 7.12. The summed E-state index contributed by atoms with van der Waals surface area (Å²) in [4.78, 5) is 41.7. The second-order valence-corrected chi connectivity index (χ2v) is 8.73. The number of hydrogen-bond donors (Lipinski definition) is 3. The number of aromatic amines is 1. The maximum Gasteiger partial charge on any atom is 0.344 e. The highest BCUT2D eigenvalue weighted by atomic mass is 35.5. The van der Waals surface area contributed by atoms with Crippen LogP contribution in [0.25, 0.3) is 11.4 Å². The van der Waals surface area contributed by atoms with E-state index >= 15 is 0 Å². The lowest BCUT2D eigenvalue weighted by Gasteiger charge is -2.30. The fraction of sp³-hybridized carbons (Fsp3) is 0.421. The maximum absolute atomic E-state index is 12.7. The quantitative estimate of drug-likeness (QED) is 0.442. The van der Waals surface area contributed by atoms with E-state index in [1.165, 1.54) is 7.11 Å². The Hall–Kier alpha value is -2.79. The number of amides is 4. The van der Waals surface area contributed by atoms with Crippen LogP contribution >= 0.6 is 23.4 Å². The molecule has 2 fully saturated rings. The molecule has 3 N–H and O–H groups in total. The summed E-state index contributed by atoms with van der Waals surface area (Å²) in [5, 5.41) is 11.3. The predicted octanol–water partition coefficient (Wildman–Crippen LogP) is 2.51. The zero-order valence-electron chi connectivity index (χ0n) is 16.7. The van der Waals surface area contributed by atoms with Gasteiger partial charge in [-0.25, -0.2) is 9.78 Å². The molecule has 4 rings (SSSR count). The number of carbonyl (C=O) groups is 3. The fourth-order valence-corrected chi connectivity index (χ4v) is 4.56. The van der Waals surface area contributed by atoms with Gasteiger partial charge in [-0.15, -0.1) is 5.10 Å². The highest BCUT2D eigenvalue weighted by Gasteiger charge is 2.52. The van der Waals surface area contributed by atoms with Crippen molar-refractivity contribution in [2.45, 2.75) is 42.8 Å². The summed E-state index contributed by atoms with van der Waals surface area (Å²) in [6.45, 7) is 0. The van der Waals surface area contributed by atoms with Crippen molar-refractivity contribution < 1.29 is 19.1 Å². The number of hydrazine groups is 1. The summed E-state index contributed by atoms with van der Waals surface area (Å²) in [5.74, 6) is 0.0334. The first-order chi connectivity index (χ1) is 14.9. The van der Waals surface area contributed by atoms with E-state index in [2.05, 4.69) is 25.9 Å². The smallest absolute Gasteiger partial charge is 0.344 e. The number of urea groups is 1. The minimum absolute atomic E-state index is 0.0754. The fourth-order valence-electron chi connectivity index (χ4n) is 3.80. The van der Waals surface area contributed by atoms with E-state index in [-0.39, 0.29) is 5.75 Å². The van der Waals surface area contributed by atoms with Crippen molar-refractivity contribution in [1.82, 2.24) is 30.9 Å².